The van der Waals surface area contributed by atoms with Gasteiger partial charge in [0.15, 0.2) is 0 Å². The SMILES string of the molecule is Cc1cc(NCc2ccc[nH]2)ccc1O. The molecule has 3 nitrogen and oxygen atoms in total. The van der Waals surface area contributed by atoms with E-state index in [4.69, 9.17) is 0 Å². The third kappa shape index (κ3) is 2.31. The molecule has 0 saturated heterocycles. The van der Waals surface area contributed by atoms with Crippen LogP contribution in [0.4, 0.5) is 5.69 Å². The Morgan fingerprint density at radius 3 is 2.87 bits per heavy atom. The van der Waals surface area contributed by atoms with Gasteiger partial charge in [0.2, 0.25) is 0 Å². The normalized spacial score (nSPS) is 10.2. The molecule has 0 aliphatic rings. The number of nitrogens with one attached hydrogen (secondary N) is 2. The molecular weight excluding hydrogens is 188 g/mol. The second-order valence-electron chi connectivity index (χ2n) is 3.55. The first-order chi connectivity index (χ1) is 7.25. The minimum absolute atomic E-state index is 0.334. The summed E-state index contributed by atoms with van der Waals surface area (Å²) in [6.07, 6.45) is 1.90. The van der Waals surface area contributed by atoms with E-state index < -0.39 is 0 Å². The molecule has 0 spiro atoms. The van der Waals surface area contributed by atoms with Gasteiger partial charge in [-0.25, -0.2) is 0 Å². The quantitative estimate of drug-likeness (QED) is 0.670. The summed E-state index contributed by atoms with van der Waals surface area (Å²) >= 11 is 0. The Hall–Kier alpha value is -1.90. The van der Waals surface area contributed by atoms with Gasteiger partial charge in [0.25, 0.3) is 0 Å². The lowest BCUT2D eigenvalue weighted by Gasteiger charge is -2.06. The van der Waals surface area contributed by atoms with E-state index in [-0.39, 0.29) is 0 Å². The predicted molar refractivity (Wildman–Crippen MR) is 61.0 cm³/mol. The van der Waals surface area contributed by atoms with Crippen LogP contribution in [0.5, 0.6) is 5.75 Å². The van der Waals surface area contributed by atoms with E-state index >= 15 is 0 Å². The molecule has 1 aromatic heterocycles. The molecule has 1 heterocycles. The van der Waals surface area contributed by atoms with Gasteiger partial charge in [-0.2, -0.15) is 0 Å². The Morgan fingerprint density at radius 1 is 1.33 bits per heavy atom. The van der Waals surface area contributed by atoms with Crippen molar-refractivity contribution < 1.29 is 5.11 Å². The average Bonchev–Trinajstić information content (AvgIpc) is 2.73. The first kappa shape index (κ1) is 9.65. The molecule has 0 unspecified atom stereocenters. The molecule has 0 atom stereocenters. The Kier molecular flexibility index (Phi) is 2.63. The number of phenols is 1. The molecule has 0 aliphatic carbocycles. The summed E-state index contributed by atoms with van der Waals surface area (Å²) in [4.78, 5) is 3.12. The minimum atomic E-state index is 0.334. The highest BCUT2D eigenvalue weighted by molar-refractivity contribution is 5.50. The van der Waals surface area contributed by atoms with Crippen molar-refractivity contribution in [1.82, 2.24) is 4.98 Å². The molecule has 3 heteroatoms. The number of phenolic OH excluding ortho intramolecular Hbond substituents is 1. The number of aromatic amines is 1. The Bertz CT molecular complexity index is 435. The highest BCUT2D eigenvalue weighted by Gasteiger charge is 1.98. The van der Waals surface area contributed by atoms with Gasteiger partial charge in [-0.1, -0.05) is 0 Å². The van der Waals surface area contributed by atoms with E-state index in [1.807, 2.05) is 37.4 Å². The Balaban J connectivity index is 2.02. The molecule has 0 saturated carbocycles. The third-order valence-corrected chi connectivity index (χ3v) is 2.34. The maximum Gasteiger partial charge on any atom is 0.118 e. The van der Waals surface area contributed by atoms with Crippen LogP contribution in [0, 0.1) is 6.92 Å². The highest BCUT2D eigenvalue weighted by Crippen LogP contribution is 2.20. The molecule has 1 aromatic carbocycles. The Labute approximate surface area is 88.8 Å². The van der Waals surface area contributed by atoms with Crippen molar-refractivity contribution in [1.29, 1.82) is 0 Å². The Morgan fingerprint density at radius 2 is 2.20 bits per heavy atom. The molecule has 0 bridgehead atoms. The maximum absolute atomic E-state index is 9.36. The van der Waals surface area contributed by atoms with E-state index in [0.717, 1.165) is 23.5 Å². The number of rotatable bonds is 3. The van der Waals surface area contributed by atoms with Crippen LogP contribution in [0.15, 0.2) is 36.5 Å². The van der Waals surface area contributed by atoms with Crippen LogP contribution in [0.3, 0.4) is 0 Å². The average molecular weight is 202 g/mol. The lowest BCUT2D eigenvalue weighted by Crippen LogP contribution is -1.99. The molecule has 0 amide bonds. The van der Waals surface area contributed by atoms with Gasteiger partial charge >= 0.3 is 0 Å². The first-order valence-electron chi connectivity index (χ1n) is 4.91. The lowest BCUT2D eigenvalue weighted by atomic mass is 10.2. The number of aromatic nitrogens is 1. The second-order valence-corrected chi connectivity index (χ2v) is 3.55. The van der Waals surface area contributed by atoms with Crippen LogP contribution in [-0.4, -0.2) is 10.1 Å². The van der Waals surface area contributed by atoms with Crippen LogP contribution in [0.1, 0.15) is 11.3 Å². The standard InChI is InChI=1S/C12H14N2O/c1-9-7-10(4-5-12(9)15)14-8-11-3-2-6-13-11/h2-7,13-15H,8H2,1H3. The molecule has 0 aliphatic heterocycles. The van der Waals surface area contributed by atoms with Crippen molar-refractivity contribution in [3.05, 3.63) is 47.8 Å². The molecule has 3 N–H and O–H groups in total. The monoisotopic (exact) mass is 202 g/mol. The number of anilines is 1. The first-order valence-corrected chi connectivity index (χ1v) is 4.91. The number of aromatic hydroxyl groups is 1. The molecule has 0 radical (unpaired) electrons. The van der Waals surface area contributed by atoms with Gasteiger partial charge in [0.1, 0.15) is 5.75 Å². The summed E-state index contributed by atoms with van der Waals surface area (Å²) in [5.41, 5.74) is 3.03. The van der Waals surface area contributed by atoms with Crippen molar-refractivity contribution >= 4 is 5.69 Å². The van der Waals surface area contributed by atoms with Crippen LogP contribution >= 0.6 is 0 Å². The fraction of sp³-hybridized carbons (Fsp3) is 0.167. The van der Waals surface area contributed by atoms with Crippen molar-refractivity contribution in [2.24, 2.45) is 0 Å². The molecule has 78 valence electrons. The summed E-state index contributed by atoms with van der Waals surface area (Å²) in [5.74, 6) is 0.334. The zero-order valence-electron chi connectivity index (χ0n) is 8.62. The van der Waals surface area contributed by atoms with Crippen LogP contribution in [-0.2, 0) is 6.54 Å². The van der Waals surface area contributed by atoms with Crippen LogP contribution in [0.25, 0.3) is 0 Å². The van der Waals surface area contributed by atoms with Gasteiger partial charge < -0.3 is 15.4 Å². The van der Waals surface area contributed by atoms with Crippen molar-refractivity contribution in [3.63, 3.8) is 0 Å². The van der Waals surface area contributed by atoms with Gasteiger partial charge in [-0.05, 0) is 42.8 Å². The van der Waals surface area contributed by atoms with Crippen molar-refractivity contribution in [2.75, 3.05) is 5.32 Å². The highest BCUT2D eigenvalue weighted by atomic mass is 16.3. The summed E-state index contributed by atoms with van der Waals surface area (Å²) in [6.45, 7) is 2.65. The number of H-pyrrole nitrogens is 1. The van der Waals surface area contributed by atoms with Gasteiger partial charge in [-0.15, -0.1) is 0 Å². The number of benzene rings is 1. The largest absolute Gasteiger partial charge is 0.508 e. The smallest absolute Gasteiger partial charge is 0.118 e. The second kappa shape index (κ2) is 4.09. The van der Waals surface area contributed by atoms with Crippen LogP contribution in [0.2, 0.25) is 0 Å². The van der Waals surface area contributed by atoms with E-state index in [2.05, 4.69) is 10.3 Å². The fourth-order valence-corrected chi connectivity index (χ4v) is 1.44. The zero-order valence-corrected chi connectivity index (χ0v) is 8.62. The van der Waals surface area contributed by atoms with Crippen molar-refractivity contribution in [3.8, 4) is 5.75 Å². The zero-order chi connectivity index (χ0) is 10.7. The maximum atomic E-state index is 9.36. The number of aryl methyl sites for hydroxylation is 1. The van der Waals surface area contributed by atoms with Crippen molar-refractivity contribution in [2.45, 2.75) is 13.5 Å². The summed E-state index contributed by atoms with van der Waals surface area (Å²) < 4.78 is 0. The minimum Gasteiger partial charge on any atom is -0.508 e. The predicted octanol–water partition coefficient (Wildman–Crippen LogP) is 2.64. The molecule has 2 rings (SSSR count). The van der Waals surface area contributed by atoms with E-state index in [1.54, 1.807) is 6.07 Å². The molecule has 15 heavy (non-hydrogen) atoms. The molecule has 0 fully saturated rings. The number of hydrogen-bond donors (Lipinski definition) is 3. The summed E-state index contributed by atoms with van der Waals surface area (Å²) in [7, 11) is 0. The topological polar surface area (TPSA) is 48.0 Å². The summed E-state index contributed by atoms with van der Waals surface area (Å²) in [5, 5.41) is 12.6. The van der Waals surface area contributed by atoms with Gasteiger partial charge in [0.05, 0.1) is 6.54 Å². The molecule has 2 aromatic rings. The van der Waals surface area contributed by atoms with Gasteiger partial charge in [-0.3, -0.25) is 0 Å². The lowest BCUT2D eigenvalue weighted by molar-refractivity contribution is 0.471. The van der Waals surface area contributed by atoms with E-state index in [9.17, 15) is 5.11 Å². The fourth-order valence-electron chi connectivity index (χ4n) is 1.44. The van der Waals surface area contributed by atoms with Crippen LogP contribution < -0.4 is 5.32 Å². The third-order valence-electron chi connectivity index (χ3n) is 2.34. The molecular formula is C12H14N2O. The van der Waals surface area contributed by atoms with E-state index in [0.29, 0.717) is 5.75 Å². The summed E-state index contributed by atoms with van der Waals surface area (Å²) in [6, 6.07) is 9.50. The number of hydrogen-bond acceptors (Lipinski definition) is 2. The van der Waals surface area contributed by atoms with E-state index in [1.165, 1.54) is 0 Å². The van der Waals surface area contributed by atoms with Gasteiger partial charge in [0, 0.05) is 17.6 Å².